The fraction of sp³-hybridized carbons (Fsp3) is 0.259. The maximum Gasteiger partial charge on any atom is 0.269 e. The molecule has 2 aliphatic rings. The Labute approximate surface area is 218 Å². The number of anilines is 1. The molecule has 0 radical (unpaired) electrons. The Morgan fingerprint density at radius 3 is 2.65 bits per heavy atom. The van der Waals surface area contributed by atoms with E-state index in [4.69, 9.17) is 22.1 Å². The number of rotatable bonds is 8. The molecule has 2 aliphatic heterocycles. The van der Waals surface area contributed by atoms with E-state index in [1.54, 1.807) is 12.4 Å². The quantitative estimate of drug-likeness (QED) is 0.340. The molecule has 0 saturated heterocycles. The number of carbonyl (C=O) groups is 1. The van der Waals surface area contributed by atoms with Gasteiger partial charge < -0.3 is 20.4 Å². The van der Waals surface area contributed by atoms with Gasteiger partial charge in [0.25, 0.3) is 11.5 Å². The SMILES string of the molecule is NC1(C(=O)NCC2CNc3ccc(CCl)cc3O2)N=NC=C1Cc1ccc(Cc2ccc[nH]c2=O)cc1. The molecule has 0 fully saturated rings. The van der Waals surface area contributed by atoms with Crippen molar-refractivity contribution in [3.63, 3.8) is 0 Å². The first-order valence-electron chi connectivity index (χ1n) is 12.0. The molecule has 0 aliphatic carbocycles. The minimum Gasteiger partial charge on any atom is -0.485 e. The predicted octanol–water partition coefficient (Wildman–Crippen LogP) is 3.24. The molecule has 3 heterocycles. The number of alkyl halides is 1. The van der Waals surface area contributed by atoms with Crippen LogP contribution in [-0.2, 0) is 23.5 Å². The van der Waals surface area contributed by atoms with Crippen LogP contribution in [0.2, 0.25) is 0 Å². The summed E-state index contributed by atoms with van der Waals surface area (Å²) in [5.74, 6) is 0.653. The van der Waals surface area contributed by atoms with E-state index in [1.165, 1.54) is 0 Å². The molecule has 2 atom stereocenters. The molecule has 2 unspecified atom stereocenters. The zero-order valence-electron chi connectivity index (χ0n) is 20.0. The average Bonchev–Trinajstić information content (AvgIpc) is 3.30. The van der Waals surface area contributed by atoms with E-state index in [9.17, 15) is 9.59 Å². The number of carbonyl (C=O) groups excluding carboxylic acids is 1. The minimum absolute atomic E-state index is 0.0940. The Kier molecular flexibility index (Phi) is 7.07. The summed E-state index contributed by atoms with van der Waals surface area (Å²) in [5.41, 5.74) is 9.85. The van der Waals surface area contributed by atoms with Crippen LogP contribution in [-0.4, -0.2) is 35.7 Å². The van der Waals surface area contributed by atoms with Gasteiger partial charge in [0.2, 0.25) is 5.66 Å². The van der Waals surface area contributed by atoms with E-state index in [1.807, 2.05) is 54.6 Å². The van der Waals surface area contributed by atoms with Crippen LogP contribution in [0.1, 0.15) is 22.3 Å². The number of aromatic amines is 1. The highest BCUT2D eigenvalue weighted by molar-refractivity contribution is 6.17. The molecule has 0 bridgehead atoms. The van der Waals surface area contributed by atoms with Crippen molar-refractivity contribution in [3.8, 4) is 5.75 Å². The number of azo groups is 1. The zero-order valence-corrected chi connectivity index (χ0v) is 20.8. The van der Waals surface area contributed by atoms with Gasteiger partial charge in [0.05, 0.1) is 25.0 Å². The van der Waals surface area contributed by atoms with Crippen molar-refractivity contribution in [3.05, 3.63) is 105 Å². The van der Waals surface area contributed by atoms with Crippen molar-refractivity contribution < 1.29 is 9.53 Å². The second kappa shape index (κ2) is 10.6. The van der Waals surface area contributed by atoms with E-state index < -0.39 is 11.6 Å². The van der Waals surface area contributed by atoms with Gasteiger partial charge in [-0.15, -0.1) is 11.6 Å². The van der Waals surface area contributed by atoms with Gasteiger partial charge in [0.1, 0.15) is 11.9 Å². The highest BCUT2D eigenvalue weighted by Crippen LogP contribution is 2.31. The molecule has 37 heavy (non-hydrogen) atoms. The second-order valence-electron chi connectivity index (χ2n) is 9.13. The molecule has 5 N–H and O–H groups in total. The summed E-state index contributed by atoms with van der Waals surface area (Å²) in [7, 11) is 0. The Morgan fingerprint density at radius 1 is 1.14 bits per heavy atom. The maximum atomic E-state index is 13.1. The third-order valence-electron chi connectivity index (χ3n) is 6.48. The monoisotopic (exact) mass is 518 g/mol. The van der Waals surface area contributed by atoms with E-state index in [-0.39, 0.29) is 18.2 Å². The van der Waals surface area contributed by atoms with E-state index in [2.05, 4.69) is 25.8 Å². The second-order valence-corrected chi connectivity index (χ2v) is 9.39. The molecule has 0 spiro atoms. The molecule has 0 saturated carbocycles. The van der Waals surface area contributed by atoms with Crippen LogP contribution >= 0.6 is 11.6 Å². The first-order chi connectivity index (χ1) is 17.9. The predicted molar refractivity (Wildman–Crippen MR) is 142 cm³/mol. The summed E-state index contributed by atoms with van der Waals surface area (Å²) in [6.45, 7) is 0.794. The van der Waals surface area contributed by atoms with Gasteiger partial charge in [-0.2, -0.15) is 10.2 Å². The van der Waals surface area contributed by atoms with Gasteiger partial charge in [-0.1, -0.05) is 36.4 Å². The number of H-pyrrole nitrogens is 1. The first kappa shape index (κ1) is 24.7. The number of hydrogen-bond acceptors (Lipinski definition) is 7. The molecule has 2 aromatic carbocycles. The zero-order chi connectivity index (χ0) is 25.8. The highest BCUT2D eigenvalue weighted by atomic mass is 35.5. The highest BCUT2D eigenvalue weighted by Gasteiger charge is 2.41. The summed E-state index contributed by atoms with van der Waals surface area (Å²) < 4.78 is 6.04. The number of hydrogen-bond donors (Lipinski definition) is 4. The van der Waals surface area contributed by atoms with Crippen LogP contribution < -0.4 is 26.7 Å². The number of amides is 1. The summed E-state index contributed by atoms with van der Waals surface area (Å²) >= 11 is 5.93. The molecule has 5 rings (SSSR count). The first-order valence-corrected chi connectivity index (χ1v) is 12.5. The lowest BCUT2D eigenvalue weighted by Gasteiger charge is -2.29. The summed E-state index contributed by atoms with van der Waals surface area (Å²) in [6.07, 6.45) is 3.83. The lowest BCUT2D eigenvalue weighted by molar-refractivity contribution is -0.125. The standard InChI is InChI=1S/C27H27ClN6O3/c28-13-19-7-8-23-24(12-19)37-22(15-31-23)16-32-26(36)27(29)21(14-33-34-27)11-18-5-3-17(4-6-18)10-20-2-1-9-30-25(20)35/h1-9,12,14,22,31H,10-11,13,15-16,29H2,(H,30,35)(H,32,36). The van der Waals surface area contributed by atoms with Gasteiger partial charge in [0.15, 0.2) is 0 Å². The van der Waals surface area contributed by atoms with E-state index in [0.717, 1.165) is 22.4 Å². The van der Waals surface area contributed by atoms with Crippen LogP contribution in [0.5, 0.6) is 5.75 Å². The van der Waals surface area contributed by atoms with Gasteiger partial charge in [-0.3, -0.25) is 15.3 Å². The Morgan fingerprint density at radius 2 is 1.89 bits per heavy atom. The molecule has 10 heteroatoms. The van der Waals surface area contributed by atoms with Crippen molar-refractivity contribution in [1.82, 2.24) is 10.3 Å². The van der Waals surface area contributed by atoms with Crippen LogP contribution in [0, 0.1) is 0 Å². The third-order valence-corrected chi connectivity index (χ3v) is 6.79. The topological polar surface area (TPSA) is 134 Å². The fourth-order valence-electron chi connectivity index (χ4n) is 4.33. The largest absolute Gasteiger partial charge is 0.485 e. The number of nitrogens with two attached hydrogens (primary N) is 1. The summed E-state index contributed by atoms with van der Waals surface area (Å²) in [5, 5.41) is 14.2. The fourth-order valence-corrected chi connectivity index (χ4v) is 4.49. The van der Waals surface area contributed by atoms with Gasteiger partial charge in [0, 0.05) is 29.6 Å². The van der Waals surface area contributed by atoms with E-state index >= 15 is 0 Å². The van der Waals surface area contributed by atoms with Gasteiger partial charge >= 0.3 is 0 Å². The summed E-state index contributed by atoms with van der Waals surface area (Å²) in [4.78, 5) is 27.7. The molecular formula is C27H27ClN6O3. The normalized spacial score (nSPS) is 19.9. The Balaban J connectivity index is 1.18. The average molecular weight is 519 g/mol. The van der Waals surface area contributed by atoms with Crippen LogP contribution in [0.4, 0.5) is 5.69 Å². The van der Waals surface area contributed by atoms with Crippen molar-refractivity contribution in [2.45, 2.75) is 30.5 Å². The molecule has 1 amide bonds. The number of ether oxygens (including phenoxy) is 1. The number of benzene rings is 2. The Hall–Kier alpha value is -3.95. The number of fused-ring (bicyclic) bond motifs is 1. The number of aromatic nitrogens is 1. The summed E-state index contributed by atoms with van der Waals surface area (Å²) in [6, 6.07) is 17.2. The lowest BCUT2D eigenvalue weighted by atomic mass is 9.93. The molecule has 1 aromatic heterocycles. The van der Waals surface area contributed by atoms with Crippen molar-refractivity contribution in [1.29, 1.82) is 0 Å². The third kappa shape index (κ3) is 5.42. The van der Waals surface area contributed by atoms with Crippen molar-refractivity contribution >= 4 is 23.2 Å². The number of nitrogens with one attached hydrogen (secondary N) is 3. The minimum atomic E-state index is -1.58. The Bertz CT molecular complexity index is 1420. The molecule has 9 nitrogen and oxygen atoms in total. The van der Waals surface area contributed by atoms with Crippen LogP contribution in [0.3, 0.4) is 0 Å². The lowest BCUT2D eigenvalue weighted by Crippen LogP contribution is -2.55. The smallest absolute Gasteiger partial charge is 0.269 e. The molecular weight excluding hydrogens is 492 g/mol. The number of halogens is 1. The molecule has 3 aromatic rings. The van der Waals surface area contributed by atoms with E-state index in [0.29, 0.717) is 42.2 Å². The van der Waals surface area contributed by atoms with Gasteiger partial charge in [-0.05, 0) is 41.3 Å². The maximum absolute atomic E-state index is 13.1. The van der Waals surface area contributed by atoms with Crippen LogP contribution in [0.15, 0.2) is 87.6 Å². The number of nitrogens with zero attached hydrogens (tertiary/aromatic N) is 2. The number of pyridine rings is 1. The van der Waals surface area contributed by atoms with Crippen molar-refractivity contribution in [2.24, 2.45) is 16.0 Å². The van der Waals surface area contributed by atoms with Gasteiger partial charge in [-0.25, -0.2) is 0 Å². The van der Waals surface area contributed by atoms with Crippen molar-refractivity contribution in [2.75, 3.05) is 18.4 Å². The van der Waals surface area contributed by atoms with Crippen LogP contribution in [0.25, 0.3) is 0 Å². The molecule has 190 valence electrons.